The van der Waals surface area contributed by atoms with Gasteiger partial charge in [-0.25, -0.2) is 0 Å². The summed E-state index contributed by atoms with van der Waals surface area (Å²) in [6.45, 7) is 4.17. The minimum absolute atomic E-state index is 0.106. The van der Waals surface area contributed by atoms with Crippen LogP contribution in [0.3, 0.4) is 0 Å². The number of hydrogen-bond donors (Lipinski definition) is 3. The Balaban J connectivity index is 3.67. The van der Waals surface area contributed by atoms with E-state index in [1.807, 2.05) is 6.08 Å². The summed E-state index contributed by atoms with van der Waals surface area (Å²) in [5, 5.41) is 23.1. The molecule has 0 spiro atoms. The summed E-state index contributed by atoms with van der Waals surface area (Å²) in [7, 11) is 0. The molecule has 0 aliphatic rings. The highest BCUT2D eigenvalue weighted by molar-refractivity contribution is 5.76. The molecule has 2 atom stereocenters. The molecule has 0 aliphatic carbocycles. The smallest absolute Gasteiger partial charge is 0.220 e. The zero-order valence-electron chi connectivity index (χ0n) is 41.3. The SMILES string of the molecule is CC/C=C\C/C=C\C/C=C\C/C=C\C/C=C\C/C=C\CCCCCCC(=O)NC(CO)C(O)/C=C/CC/C=C/CC/C=C/CCCCCCCCCCCCCCCCCCCC. The Labute approximate surface area is 391 Å². The molecule has 0 aromatic carbocycles. The largest absolute Gasteiger partial charge is 0.394 e. The van der Waals surface area contributed by atoms with E-state index in [4.69, 9.17) is 0 Å². The fourth-order valence-electron chi connectivity index (χ4n) is 7.45. The first-order chi connectivity index (χ1) is 31.2. The van der Waals surface area contributed by atoms with Crippen molar-refractivity contribution in [2.45, 2.75) is 251 Å². The van der Waals surface area contributed by atoms with Crippen molar-refractivity contribution in [2.75, 3.05) is 6.61 Å². The van der Waals surface area contributed by atoms with Crippen LogP contribution in [0.15, 0.2) is 109 Å². The maximum absolute atomic E-state index is 12.4. The van der Waals surface area contributed by atoms with Crippen LogP contribution in [0.5, 0.6) is 0 Å². The maximum Gasteiger partial charge on any atom is 0.220 e. The van der Waals surface area contributed by atoms with Crippen LogP contribution in [0.4, 0.5) is 0 Å². The monoisotopic (exact) mass is 872 g/mol. The number of rotatable bonds is 47. The van der Waals surface area contributed by atoms with Gasteiger partial charge in [0.2, 0.25) is 5.91 Å². The number of aliphatic hydroxyl groups is 2. The molecule has 0 radical (unpaired) electrons. The predicted molar refractivity (Wildman–Crippen MR) is 280 cm³/mol. The van der Waals surface area contributed by atoms with Crippen LogP contribution < -0.4 is 5.32 Å². The Morgan fingerprint density at radius 1 is 0.397 bits per heavy atom. The number of aliphatic hydroxyl groups excluding tert-OH is 2. The average molecular weight is 872 g/mol. The quantitative estimate of drug-likeness (QED) is 0.0421. The molecule has 0 saturated carbocycles. The molecule has 0 rings (SSSR count). The molecule has 360 valence electrons. The molecule has 0 bridgehead atoms. The average Bonchev–Trinajstić information content (AvgIpc) is 3.29. The van der Waals surface area contributed by atoms with Gasteiger partial charge in [-0.3, -0.25) is 4.79 Å². The van der Waals surface area contributed by atoms with Crippen LogP contribution in [-0.2, 0) is 4.79 Å². The van der Waals surface area contributed by atoms with E-state index in [-0.39, 0.29) is 12.5 Å². The zero-order chi connectivity index (χ0) is 45.6. The van der Waals surface area contributed by atoms with Crippen molar-refractivity contribution in [2.24, 2.45) is 0 Å². The lowest BCUT2D eigenvalue weighted by molar-refractivity contribution is -0.123. The Hall–Kier alpha value is -2.95. The highest BCUT2D eigenvalue weighted by Gasteiger charge is 2.17. The second kappa shape index (κ2) is 53.4. The van der Waals surface area contributed by atoms with E-state index in [0.717, 1.165) is 96.3 Å². The molecular formula is C59H101NO3. The molecular weight excluding hydrogens is 771 g/mol. The summed E-state index contributed by atoms with van der Waals surface area (Å²) < 4.78 is 0. The van der Waals surface area contributed by atoms with Crippen molar-refractivity contribution in [3.63, 3.8) is 0 Å². The zero-order valence-corrected chi connectivity index (χ0v) is 41.3. The number of allylic oxidation sites excluding steroid dienone is 17. The van der Waals surface area contributed by atoms with Crippen LogP contribution >= 0.6 is 0 Å². The molecule has 3 N–H and O–H groups in total. The number of carbonyl (C=O) groups is 1. The third-order valence-electron chi connectivity index (χ3n) is 11.5. The lowest BCUT2D eigenvalue weighted by Gasteiger charge is -2.19. The molecule has 4 heteroatoms. The molecule has 0 aliphatic heterocycles. The van der Waals surface area contributed by atoms with Gasteiger partial charge in [-0.2, -0.15) is 0 Å². The molecule has 2 unspecified atom stereocenters. The van der Waals surface area contributed by atoms with Crippen molar-refractivity contribution in [3.8, 4) is 0 Å². The molecule has 63 heavy (non-hydrogen) atoms. The number of hydrogen-bond acceptors (Lipinski definition) is 3. The van der Waals surface area contributed by atoms with Crippen molar-refractivity contribution in [1.82, 2.24) is 5.32 Å². The maximum atomic E-state index is 12.4. The fourth-order valence-corrected chi connectivity index (χ4v) is 7.45. The minimum atomic E-state index is -0.890. The van der Waals surface area contributed by atoms with E-state index < -0.39 is 12.1 Å². The van der Waals surface area contributed by atoms with E-state index in [9.17, 15) is 15.0 Å². The fraction of sp³-hybridized carbons (Fsp3) is 0.678. The van der Waals surface area contributed by atoms with Crippen molar-refractivity contribution >= 4 is 5.91 Å². The van der Waals surface area contributed by atoms with Gasteiger partial charge in [0, 0.05) is 6.42 Å². The Kier molecular flexibility index (Phi) is 50.9. The number of unbranched alkanes of at least 4 members (excludes halogenated alkanes) is 24. The van der Waals surface area contributed by atoms with Gasteiger partial charge >= 0.3 is 0 Å². The first-order valence-corrected chi connectivity index (χ1v) is 26.6. The summed E-state index contributed by atoms with van der Waals surface area (Å²) in [4.78, 5) is 12.4. The van der Waals surface area contributed by atoms with Crippen molar-refractivity contribution in [3.05, 3.63) is 109 Å². The van der Waals surface area contributed by atoms with Crippen LogP contribution in [0.2, 0.25) is 0 Å². The number of carbonyl (C=O) groups excluding carboxylic acids is 1. The molecule has 0 aromatic heterocycles. The van der Waals surface area contributed by atoms with Crippen LogP contribution in [0, 0.1) is 0 Å². The summed E-state index contributed by atoms with van der Waals surface area (Å²) in [6, 6.07) is -0.668. The summed E-state index contributed by atoms with van der Waals surface area (Å²) >= 11 is 0. The van der Waals surface area contributed by atoms with Gasteiger partial charge in [-0.1, -0.05) is 245 Å². The summed E-state index contributed by atoms with van der Waals surface area (Å²) in [5.41, 5.74) is 0. The lowest BCUT2D eigenvalue weighted by atomic mass is 10.0. The van der Waals surface area contributed by atoms with Crippen molar-refractivity contribution in [1.29, 1.82) is 0 Å². The molecule has 0 fully saturated rings. The number of nitrogens with one attached hydrogen (secondary N) is 1. The van der Waals surface area contributed by atoms with Gasteiger partial charge in [-0.05, 0) is 96.3 Å². The minimum Gasteiger partial charge on any atom is -0.394 e. The van der Waals surface area contributed by atoms with Gasteiger partial charge < -0.3 is 15.5 Å². The number of amides is 1. The Bertz CT molecular complexity index is 1220. The Morgan fingerprint density at radius 2 is 0.714 bits per heavy atom. The van der Waals surface area contributed by atoms with Crippen LogP contribution in [-0.4, -0.2) is 34.9 Å². The van der Waals surface area contributed by atoms with E-state index in [0.29, 0.717) is 6.42 Å². The van der Waals surface area contributed by atoms with E-state index in [2.05, 4.69) is 116 Å². The van der Waals surface area contributed by atoms with E-state index in [1.165, 1.54) is 122 Å². The Morgan fingerprint density at radius 3 is 1.11 bits per heavy atom. The highest BCUT2D eigenvalue weighted by Crippen LogP contribution is 2.15. The topological polar surface area (TPSA) is 69.6 Å². The van der Waals surface area contributed by atoms with Gasteiger partial charge in [0.25, 0.3) is 0 Å². The third kappa shape index (κ3) is 49.9. The molecule has 1 amide bonds. The lowest BCUT2D eigenvalue weighted by Crippen LogP contribution is -2.45. The molecule has 4 nitrogen and oxygen atoms in total. The van der Waals surface area contributed by atoms with Crippen LogP contribution in [0.25, 0.3) is 0 Å². The van der Waals surface area contributed by atoms with Crippen LogP contribution in [0.1, 0.15) is 239 Å². The van der Waals surface area contributed by atoms with E-state index >= 15 is 0 Å². The second-order valence-corrected chi connectivity index (χ2v) is 17.5. The second-order valence-electron chi connectivity index (χ2n) is 17.5. The normalized spacial score (nSPS) is 13.8. The molecule has 0 saturated heterocycles. The highest BCUT2D eigenvalue weighted by atomic mass is 16.3. The van der Waals surface area contributed by atoms with Gasteiger partial charge in [-0.15, -0.1) is 0 Å². The van der Waals surface area contributed by atoms with Gasteiger partial charge in [0.1, 0.15) is 0 Å². The first kappa shape index (κ1) is 60.1. The standard InChI is InChI=1S/C59H101NO3/c1-3-5-7-9-11-13-15-17-19-21-23-25-27-28-29-30-31-33-34-36-38-40-42-44-46-48-50-52-54-58(62)57(56-61)60-59(63)55-53-51-49-47-45-43-41-39-37-35-32-26-24-22-20-18-16-14-12-10-8-6-4-2/h6,8,12,14,18,20,24,26,35-38,41,43-44,46,52,54,57-58,61-62H,3-5,7,9-11,13,15-17,19,21-23,25,27-34,39-40,42,45,47-51,53,55-56H2,1-2H3,(H,60,63)/b8-6-,14-12-,20-18-,26-24-,37-35-,38-36+,43-41-,46-44+,54-52+. The van der Waals surface area contributed by atoms with Gasteiger partial charge in [0.05, 0.1) is 18.8 Å². The summed E-state index contributed by atoms with van der Waals surface area (Å²) in [5.74, 6) is -0.106. The first-order valence-electron chi connectivity index (χ1n) is 26.6. The molecule has 0 heterocycles. The van der Waals surface area contributed by atoms with Gasteiger partial charge in [0.15, 0.2) is 0 Å². The third-order valence-corrected chi connectivity index (χ3v) is 11.5. The molecule has 0 aromatic rings. The van der Waals surface area contributed by atoms with Crippen molar-refractivity contribution < 1.29 is 15.0 Å². The predicted octanol–water partition coefficient (Wildman–Crippen LogP) is 17.5. The van der Waals surface area contributed by atoms with E-state index in [1.54, 1.807) is 6.08 Å². The summed E-state index contributed by atoms with van der Waals surface area (Å²) in [6.07, 6.45) is 80.9.